The van der Waals surface area contributed by atoms with Crippen LogP contribution < -0.4 is 0 Å². The molecule has 1 fully saturated rings. The molecule has 0 radical (unpaired) electrons. The number of unbranched alkanes of at least 4 members (excludes halogenated alkanes) is 2. The molecule has 1 nitrogen and oxygen atoms in total. The van der Waals surface area contributed by atoms with Crippen molar-refractivity contribution in [2.24, 2.45) is 0 Å². The smallest absolute Gasteiger partial charge is 0.140 e. The molecule has 3 rings (SSSR count). The van der Waals surface area contributed by atoms with Crippen LogP contribution in [-0.2, 0) is 0 Å². The molecule has 1 aliphatic carbocycles. The summed E-state index contributed by atoms with van der Waals surface area (Å²) in [5, 5.41) is 1.44. The van der Waals surface area contributed by atoms with E-state index in [1.165, 1.54) is 49.6 Å². The summed E-state index contributed by atoms with van der Waals surface area (Å²) in [6.07, 6.45) is 9.82. The summed E-state index contributed by atoms with van der Waals surface area (Å²) in [6.45, 7) is 2.12. The van der Waals surface area contributed by atoms with E-state index in [4.69, 9.17) is 0 Å². The summed E-state index contributed by atoms with van der Waals surface area (Å²) in [5.41, 5.74) is 1.40. The normalized spacial score (nSPS) is 14.9. The molecule has 1 aromatic carbocycles. The van der Waals surface area contributed by atoms with E-state index in [9.17, 15) is 8.78 Å². The van der Waals surface area contributed by atoms with Gasteiger partial charge in [0.05, 0.1) is 4.90 Å². The van der Waals surface area contributed by atoms with Crippen LogP contribution in [0.4, 0.5) is 8.78 Å². The predicted molar refractivity (Wildman–Crippen MR) is 108 cm³/mol. The molecule has 140 valence electrons. The Bertz CT molecular complexity index is 707. The van der Waals surface area contributed by atoms with Crippen LogP contribution in [0.5, 0.6) is 0 Å². The van der Waals surface area contributed by atoms with Gasteiger partial charge in [0.1, 0.15) is 16.7 Å². The average Bonchev–Trinajstić information content (AvgIpc) is 3.14. The van der Waals surface area contributed by atoms with Gasteiger partial charge in [-0.3, -0.25) is 0 Å². The summed E-state index contributed by atoms with van der Waals surface area (Å²) >= 11 is 3.02. The van der Waals surface area contributed by atoms with Crippen molar-refractivity contribution in [3.8, 4) is 11.1 Å². The van der Waals surface area contributed by atoms with Gasteiger partial charge in [0, 0.05) is 17.0 Å². The highest BCUT2D eigenvalue weighted by molar-refractivity contribution is 8.00. The molecule has 26 heavy (non-hydrogen) atoms. The molecule has 0 amide bonds. The van der Waals surface area contributed by atoms with Crippen LogP contribution in [0.3, 0.4) is 0 Å². The van der Waals surface area contributed by atoms with Crippen LogP contribution >= 0.6 is 23.5 Å². The molecule has 0 saturated heterocycles. The number of halogens is 2. The van der Waals surface area contributed by atoms with Crippen molar-refractivity contribution in [2.45, 2.75) is 67.0 Å². The minimum Gasteiger partial charge on any atom is -0.249 e. The molecular formula is C21H25F2NS2. The molecular weight excluding hydrogens is 368 g/mol. The minimum atomic E-state index is -0.470. The largest absolute Gasteiger partial charge is 0.249 e. The fourth-order valence-corrected chi connectivity index (χ4v) is 5.51. The second kappa shape index (κ2) is 9.75. The Morgan fingerprint density at radius 1 is 1.12 bits per heavy atom. The molecule has 1 saturated carbocycles. The van der Waals surface area contributed by atoms with Crippen molar-refractivity contribution >= 4 is 23.5 Å². The monoisotopic (exact) mass is 393 g/mol. The van der Waals surface area contributed by atoms with Gasteiger partial charge in [0.15, 0.2) is 0 Å². The Morgan fingerprint density at radius 2 is 1.85 bits per heavy atom. The molecule has 0 atom stereocenters. The molecule has 1 aromatic heterocycles. The van der Waals surface area contributed by atoms with E-state index in [1.54, 1.807) is 18.0 Å². The van der Waals surface area contributed by atoms with Crippen LogP contribution in [0.15, 0.2) is 40.4 Å². The van der Waals surface area contributed by atoms with Gasteiger partial charge >= 0.3 is 0 Å². The van der Waals surface area contributed by atoms with Gasteiger partial charge in [-0.25, -0.2) is 13.8 Å². The van der Waals surface area contributed by atoms with E-state index in [2.05, 4.69) is 11.9 Å². The lowest BCUT2D eigenvalue weighted by Gasteiger charge is -2.13. The fraction of sp³-hybridized carbons (Fsp3) is 0.476. The number of benzene rings is 1. The van der Waals surface area contributed by atoms with Crippen LogP contribution in [0, 0.1) is 11.6 Å². The molecule has 0 bridgehead atoms. The first-order valence-corrected chi connectivity index (χ1v) is 11.3. The van der Waals surface area contributed by atoms with Crippen molar-refractivity contribution < 1.29 is 8.78 Å². The molecule has 1 heterocycles. The quantitative estimate of drug-likeness (QED) is 0.344. The number of aromatic nitrogens is 1. The highest BCUT2D eigenvalue weighted by atomic mass is 32.2. The van der Waals surface area contributed by atoms with Crippen LogP contribution in [-0.4, -0.2) is 16.0 Å². The zero-order valence-corrected chi connectivity index (χ0v) is 16.8. The number of hydrogen-bond acceptors (Lipinski definition) is 3. The Kier molecular flexibility index (Phi) is 7.38. The zero-order valence-electron chi connectivity index (χ0n) is 15.1. The van der Waals surface area contributed by atoms with Gasteiger partial charge in [-0.2, -0.15) is 0 Å². The fourth-order valence-electron chi connectivity index (χ4n) is 3.25. The van der Waals surface area contributed by atoms with Crippen molar-refractivity contribution in [1.82, 2.24) is 4.98 Å². The first kappa shape index (κ1) is 19.7. The minimum absolute atomic E-state index is 0.138. The van der Waals surface area contributed by atoms with Gasteiger partial charge in [-0.1, -0.05) is 38.7 Å². The summed E-state index contributed by atoms with van der Waals surface area (Å²) in [4.78, 5) is 4.62. The SMILES string of the molecule is CCCCCSc1c(F)cc(-c2cccnc2SC2CCCC2)cc1F. The van der Waals surface area contributed by atoms with Crippen LogP contribution in [0.25, 0.3) is 11.1 Å². The Balaban J connectivity index is 1.81. The third-order valence-electron chi connectivity index (χ3n) is 4.66. The van der Waals surface area contributed by atoms with Crippen molar-refractivity contribution in [3.05, 3.63) is 42.1 Å². The van der Waals surface area contributed by atoms with Gasteiger partial charge in [0.2, 0.25) is 0 Å². The second-order valence-electron chi connectivity index (χ2n) is 6.71. The van der Waals surface area contributed by atoms with Crippen molar-refractivity contribution in [2.75, 3.05) is 5.75 Å². The Labute approximate surface area is 163 Å². The predicted octanol–water partition coefficient (Wildman–Crippen LogP) is 7.34. The molecule has 0 unspecified atom stereocenters. The molecule has 5 heteroatoms. The van der Waals surface area contributed by atoms with Gasteiger partial charge < -0.3 is 0 Å². The van der Waals surface area contributed by atoms with E-state index < -0.39 is 11.6 Å². The summed E-state index contributed by atoms with van der Waals surface area (Å²) in [7, 11) is 0. The lowest BCUT2D eigenvalue weighted by molar-refractivity contribution is 0.541. The van der Waals surface area contributed by atoms with E-state index in [0.717, 1.165) is 35.6 Å². The van der Waals surface area contributed by atoms with E-state index >= 15 is 0 Å². The van der Waals surface area contributed by atoms with Crippen LogP contribution in [0.2, 0.25) is 0 Å². The summed E-state index contributed by atoms with van der Waals surface area (Å²) in [6, 6.07) is 6.66. The van der Waals surface area contributed by atoms with Crippen LogP contribution in [0.1, 0.15) is 51.9 Å². The maximum Gasteiger partial charge on any atom is 0.140 e. The third kappa shape index (κ3) is 5.01. The molecule has 2 aromatic rings. The van der Waals surface area contributed by atoms with Gasteiger partial charge in [0.25, 0.3) is 0 Å². The highest BCUT2D eigenvalue weighted by Crippen LogP contribution is 2.39. The highest BCUT2D eigenvalue weighted by Gasteiger charge is 2.20. The summed E-state index contributed by atoms with van der Waals surface area (Å²) < 4.78 is 29.1. The second-order valence-corrected chi connectivity index (χ2v) is 9.10. The Morgan fingerprint density at radius 3 is 2.54 bits per heavy atom. The first-order chi connectivity index (χ1) is 12.7. The van der Waals surface area contributed by atoms with E-state index in [0.29, 0.717) is 10.8 Å². The molecule has 0 aliphatic heterocycles. The first-order valence-electron chi connectivity index (χ1n) is 9.43. The molecule has 0 spiro atoms. The third-order valence-corrected chi connectivity index (χ3v) is 7.18. The number of hydrogen-bond donors (Lipinski definition) is 0. The standard InChI is InChI=1S/C21H25F2NS2/c1-2-3-6-12-25-20-18(22)13-15(14-19(20)23)17-10-7-11-24-21(17)26-16-8-4-5-9-16/h7,10-11,13-14,16H,2-6,8-9,12H2,1H3. The van der Waals surface area contributed by atoms with Crippen molar-refractivity contribution in [1.29, 1.82) is 0 Å². The molecule has 1 aliphatic rings. The zero-order chi connectivity index (χ0) is 18.4. The van der Waals surface area contributed by atoms with Crippen molar-refractivity contribution in [3.63, 3.8) is 0 Å². The average molecular weight is 394 g/mol. The topological polar surface area (TPSA) is 12.9 Å². The molecule has 0 N–H and O–H groups in total. The number of thioether (sulfide) groups is 2. The van der Waals surface area contributed by atoms with E-state index in [-0.39, 0.29) is 4.90 Å². The number of nitrogens with zero attached hydrogens (tertiary/aromatic N) is 1. The lowest BCUT2D eigenvalue weighted by atomic mass is 10.1. The van der Waals surface area contributed by atoms with E-state index in [1.807, 2.05) is 12.1 Å². The maximum absolute atomic E-state index is 14.6. The Hall–Kier alpha value is -1.07. The van der Waals surface area contributed by atoms with Gasteiger partial charge in [-0.05, 0) is 48.8 Å². The number of pyridine rings is 1. The lowest BCUT2D eigenvalue weighted by Crippen LogP contribution is -1.98. The summed E-state index contributed by atoms with van der Waals surface area (Å²) in [5.74, 6) is -0.194. The number of rotatable bonds is 8. The maximum atomic E-state index is 14.6. The van der Waals surface area contributed by atoms with Gasteiger partial charge in [-0.15, -0.1) is 23.5 Å².